The van der Waals surface area contributed by atoms with Gasteiger partial charge in [-0.05, 0) is 71.9 Å². The zero-order valence-corrected chi connectivity index (χ0v) is 32.5. The van der Waals surface area contributed by atoms with Crippen molar-refractivity contribution in [1.82, 2.24) is 0 Å². The Morgan fingerprint density at radius 2 is 1.50 bits per heavy atom. The van der Waals surface area contributed by atoms with Crippen molar-refractivity contribution in [2.24, 2.45) is 23.2 Å². The zero-order chi connectivity index (χ0) is 33.5. The van der Waals surface area contributed by atoms with E-state index in [1.807, 2.05) is 0 Å². The van der Waals surface area contributed by atoms with Gasteiger partial charge in [0.15, 0.2) is 16.6 Å². The summed E-state index contributed by atoms with van der Waals surface area (Å²) in [4.78, 5) is 25.9. The highest BCUT2D eigenvalue weighted by Crippen LogP contribution is 2.47. The molecular weight excluding hydrogens is 585 g/mol. The molecule has 6 nitrogen and oxygen atoms in total. The minimum Gasteiger partial charge on any atom is -0.462 e. The molecule has 0 amide bonds. The monoisotopic (exact) mass is 648 g/mol. The lowest BCUT2D eigenvalue weighted by molar-refractivity contribution is -0.161. The molecule has 3 rings (SSSR count). The molecule has 0 aromatic heterocycles. The summed E-state index contributed by atoms with van der Waals surface area (Å²) in [6.07, 6.45) is 10.1. The summed E-state index contributed by atoms with van der Waals surface area (Å²) in [7, 11) is -4.03. The van der Waals surface area contributed by atoms with Crippen LogP contribution in [0.3, 0.4) is 0 Å². The molecule has 2 aliphatic carbocycles. The SMILES string of the molecule is C[C@H]1C=CC2=C[C@@H](O[Si](C)(C)C(C)(C)C)C[C@H](OC(=O)CC(C)(C)C)[C@@H]2[C@H]1CC[C@@H]1C[C@@H](O[Si](C)(C)C(C)(C)C)CC(=O)O1. The van der Waals surface area contributed by atoms with E-state index in [4.69, 9.17) is 18.3 Å². The first-order valence-corrected chi connectivity index (χ1v) is 22.8. The summed E-state index contributed by atoms with van der Waals surface area (Å²) in [6, 6.07) is 0. The highest BCUT2D eigenvalue weighted by atomic mass is 28.4. The second-order valence-electron chi connectivity index (χ2n) is 18.1. The van der Waals surface area contributed by atoms with Gasteiger partial charge in [0.2, 0.25) is 0 Å². The van der Waals surface area contributed by atoms with E-state index in [0.29, 0.717) is 25.2 Å². The van der Waals surface area contributed by atoms with Gasteiger partial charge in [0.1, 0.15) is 12.2 Å². The largest absolute Gasteiger partial charge is 0.462 e. The predicted octanol–water partition coefficient (Wildman–Crippen LogP) is 9.37. The molecule has 1 fully saturated rings. The molecule has 0 radical (unpaired) electrons. The third kappa shape index (κ3) is 9.65. The summed E-state index contributed by atoms with van der Waals surface area (Å²) in [6.45, 7) is 31.0. The highest BCUT2D eigenvalue weighted by Gasteiger charge is 2.46. The Balaban J connectivity index is 1.82. The molecule has 0 saturated carbocycles. The summed E-state index contributed by atoms with van der Waals surface area (Å²) >= 11 is 0. The maximum Gasteiger partial charge on any atom is 0.308 e. The smallest absolute Gasteiger partial charge is 0.308 e. The van der Waals surface area contributed by atoms with Crippen LogP contribution >= 0.6 is 0 Å². The molecule has 1 saturated heterocycles. The van der Waals surface area contributed by atoms with E-state index in [9.17, 15) is 9.59 Å². The molecule has 0 bridgehead atoms. The van der Waals surface area contributed by atoms with Crippen LogP contribution in [0.4, 0.5) is 0 Å². The van der Waals surface area contributed by atoms with E-state index in [0.717, 1.165) is 19.3 Å². The first-order chi connectivity index (χ1) is 19.9. The van der Waals surface area contributed by atoms with Crippen molar-refractivity contribution in [2.45, 2.75) is 168 Å². The second kappa shape index (κ2) is 13.5. The molecule has 1 aliphatic heterocycles. The van der Waals surface area contributed by atoms with Crippen LogP contribution in [0.5, 0.6) is 0 Å². The van der Waals surface area contributed by atoms with E-state index in [1.54, 1.807) is 0 Å². The van der Waals surface area contributed by atoms with E-state index in [-0.39, 0.29) is 63.7 Å². The summed E-state index contributed by atoms with van der Waals surface area (Å²) in [5.74, 6) is 0.393. The Morgan fingerprint density at radius 3 is 2.07 bits per heavy atom. The Hall–Kier alpha value is -1.23. The summed E-state index contributed by atoms with van der Waals surface area (Å²) in [5.41, 5.74) is 1.07. The number of carbonyl (C=O) groups is 2. The van der Waals surface area contributed by atoms with Gasteiger partial charge in [-0.2, -0.15) is 0 Å². The number of ether oxygens (including phenoxy) is 2. The van der Waals surface area contributed by atoms with Crippen molar-refractivity contribution < 1.29 is 27.9 Å². The Labute approximate surface area is 271 Å². The lowest BCUT2D eigenvalue weighted by Gasteiger charge is -2.46. The molecule has 0 aromatic carbocycles. The van der Waals surface area contributed by atoms with Crippen molar-refractivity contribution in [2.75, 3.05) is 0 Å². The molecule has 44 heavy (non-hydrogen) atoms. The van der Waals surface area contributed by atoms with Crippen LogP contribution in [-0.2, 0) is 27.9 Å². The second-order valence-corrected chi connectivity index (χ2v) is 27.6. The van der Waals surface area contributed by atoms with E-state index in [2.05, 4.69) is 114 Å². The van der Waals surface area contributed by atoms with Crippen LogP contribution in [0.25, 0.3) is 0 Å². The highest BCUT2D eigenvalue weighted by molar-refractivity contribution is 6.74. The molecule has 3 aliphatic rings. The normalized spacial score (nSPS) is 30.4. The van der Waals surface area contributed by atoms with Crippen LogP contribution in [0.1, 0.15) is 108 Å². The van der Waals surface area contributed by atoms with Gasteiger partial charge in [0.25, 0.3) is 0 Å². The number of carbonyl (C=O) groups excluding carboxylic acids is 2. The molecule has 252 valence electrons. The first-order valence-electron chi connectivity index (χ1n) is 17.0. The molecular formula is C36H64O6Si2. The number of rotatable bonds is 9. The topological polar surface area (TPSA) is 71.1 Å². The van der Waals surface area contributed by atoms with Crippen molar-refractivity contribution in [1.29, 1.82) is 0 Å². The summed E-state index contributed by atoms with van der Waals surface area (Å²) < 4.78 is 25.8. The molecule has 0 spiro atoms. The van der Waals surface area contributed by atoms with Gasteiger partial charge >= 0.3 is 11.9 Å². The fourth-order valence-electron chi connectivity index (χ4n) is 6.33. The molecule has 7 atom stereocenters. The Kier molecular flexibility index (Phi) is 11.4. The van der Waals surface area contributed by atoms with Gasteiger partial charge in [0.05, 0.1) is 25.0 Å². The van der Waals surface area contributed by atoms with Gasteiger partial charge in [0, 0.05) is 18.8 Å². The zero-order valence-electron chi connectivity index (χ0n) is 30.5. The van der Waals surface area contributed by atoms with Crippen LogP contribution in [-0.4, -0.2) is 53.0 Å². The number of fused-ring (bicyclic) bond motifs is 1. The van der Waals surface area contributed by atoms with Gasteiger partial charge in [-0.1, -0.05) is 87.5 Å². The minimum absolute atomic E-state index is 0.0826. The van der Waals surface area contributed by atoms with Crippen LogP contribution in [0.2, 0.25) is 36.3 Å². The number of esters is 2. The van der Waals surface area contributed by atoms with Crippen molar-refractivity contribution in [3.05, 3.63) is 23.8 Å². The first kappa shape index (κ1) is 37.2. The fraction of sp³-hybridized carbons (Fsp3) is 0.833. The lowest BCUT2D eigenvalue weighted by atomic mass is 9.66. The fourth-order valence-corrected chi connectivity index (χ4v) is 8.98. The molecule has 8 heteroatoms. The van der Waals surface area contributed by atoms with E-state index in [1.165, 1.54) is 5.57 Å². The van der Waals surface area contributed by atoms with Gasteiger partial charge < -0.3 is 18.3 Å². The predicted molar refractivity (Wildman–Crippen MR) is 184 cm³/mol. The van der Waals surface area contributed by atoms with Crippen LogP contribution in [0.15, 0.2) is 23.8 Å². The van der Waals surface area contributed by atoms with Crippen LogP contribution in [0, 0.1) is 23.2 Å². The maximum atomic E-state index is 13.2. The summed E-state index contributed by atoms with van der Waals surface area (Å²) in [5, 5.41) is 0.173. The van der Waals surface area contributed by atoms with E-state index < -0.39 is 16.6 Å². The molecule has 0 aromatic rings. The number of cyclic esters (lactones) is 1. The quantitative estimate of drug-likeness (QED) is 0.183. The van der Waals surface area contributed by atoms with Crippen molar-refractivity contribution >= 4 is 28.6 Å². The van der Waals surface area contributed by atoms with E-state index >= 15 is 0 Å². The average Bonchev–Trinajstić information content (AvgIpc) is 2.80. The van der Waals surface area contributed by atoms with Gasteiger partial charge in [-0.25, -0.2) is 0 Å². The average molecular weight is 649 g/mol. The van der Waals surface area contributed by atoms with Crippen LogP contribution < -0.4 is 0 Å². The third-order valence-corrected chi connectivity index (χ3v) is 19.9. The lowest BCUT2D eigenvalue weighted by Crippen LogP contribution is -2.48. The molecule has 0 unspecified atom stereocenters. The Bertz CT molecular complexity index is 1090. The Morgan fingerprint density at radius 1 is 0.909 bits per heavy atom. The maximum absolute atomic E-state index is 13.2. The number of allylic oxidation sites excluding steroid dienone is 2. The minimum atomic E-state index is -2.03. The van der Waals surface area contributed by atoms with Crippen molar-refractivity contribution in [3.8, 4) is 0 Å². The van der Waals surface area contributed by atoms with Crippen molar-refractivity contribution in [3.63, 3.8) is 0 Å². The molecule has 1 heterocycles. The van der Waals surface area contributed by atoms with Gasteiger partial charge in [-0.3, -0.25) is 9.59 Å². The van der Waals surface area contributed by atoms with Gasteiger partial charge in [-0.15, -0.1) is 0 Å². The molecule has 0 N–H and O–H groups in total. The number of hydrogen-bond acceptors (Lipinski definition) is 6. The third-order valence-electron chi connectivity index (χ3n) is 10.9. The number of hydrogen-bond donors (Lipinski definition) is 0. The standard InChI is InChI=1S/C36H64O6Si2/c1-24-15-16-25-19-27(41-43(11,12)35(5,6)7)21-30(40-32(38)23-34(2,3)4)33(25)29(24)18-17-26-20-28(22-31(37)39-26)42-44(13,14)36(8,9)10/h15-16,19,24,26-30,33H,17-18,20-23H2,1-14H3/t24-,26+,27+,28+,29-,30-,33-/m0/s1.